The fourth-order valence-electron chi connectivity index (χ4n) is 2.82. The zero-order valence-corrected chi connectivity index (χ0v) is 12.1. The minimum absolute atomic E-state index is 0.0640. The lowest BCUT2D eigenvalue weighted by Crippen LogP contribution is -2.52. The highest BCUT2D eigenvalue weighted by molar-refractivity contribution is 5.86. The Morgan fingerprint density at radius 3 is 2.32 bits per heavy atom. The van der Waals surface area contributed by atoms with Crippen molar-refractivity contribution in [3.8, 4) is 0 Å². The van der Waals surface area contributed by atoms with E-state index in [0.717, 1.165) is 31.2 Å². The lowest BCUT2D eigenvalue weighted by atomic mass is 9.95. The Kier molecular flexibility index (Phi) is 3.95. The molecule has 0 bridgehead atoms. The quantitative estimate of drug-likeness (QED) is 0.908. The summed E-state index contributed by atoms with van der Waals surface area (Å²) in [6, 6.07) is 8.40. The van der Waals surface area contributed by atoms with Crippen molar-refractivity contribution >= 4 is 5.91 Å². The summed E-state index contributed by atoms with van der Waals surface area (Å²) in [5.41, 5.74) is 8.01. The van der Waals surface area contributed by atoms with Gasteiger partial charge in [0.2, 0.25) is 5.91 Å². The van der Waals surface area contributed by atoms with Gasteiger partial charge < -0.3 is 10.6 Å². The van der Waals surface area contributed by atoms with E-state index in [9.17, 15) is 4.79 Å². The van der Waals surface area contributed by atoms with Crippen LogP contribution in [0.15, 0.2) is 24.3 Å². The lowest BCUT2D eigenvalue weighted by molar-refractivity contribution is -0.137. The van der Waals surface area contributed by atoms with Crippen LogP contribution in [-0.4, -0.2) is 23.4 Å². The van der Waals surface area contributed by atoms with Crippen molar-refractivity contribution in [3.63, 3.8) is 0 Å². The van der Waals surface area contributed by atoms with E-state index in [2.05, 4.69) is 38.1 Å². The Balaban J connectivity index is 2.12. The second-order valence-corrected chi connectivity index (χ2v) is 5.87. The smallest absolute Gasteiger partial charge is 0.242 e. The molecule has 1 saturated carbocycles. The number of nitrogens with zero attached hydrogens (tertiary/aromatic N) is 1. The third kappa shape index (κ3) is 2.81. The van der Waals surface area contributed by atoms with Gasteiger partial charge in [0, 0.05) is 7.05 Å². The van der Waals surface area contributed by atoms with Crippen LogP contribution in [0.5, 0.6) is 0 Å². The van der Waals surface area contributed by atoms with Gasteiger partial charge in [0.15, 0.2) is 0 Å². The fraction of sp³-hybridized carbons (Fsp3) is 0.562. The number of carbonyl (C=O) groups excluding carboxylic acids is 1. The summed E-state index contributed by atoms with van der Waals surface area (Å²) >= 11 is 0. The van der Waals surface area contributed by atoms with Gasteiger partial charge in [0.1, 0.15) is 0 Å². The Bertz CT molecular complexity index is 446. The number of benzene rings is 1. The van der Waals surface area contributed by atoms with Gasteiger partial charge >= 0.3 is 0 Å². The van der Waals surface area contributed by atoms with Gasteiger partial charge in [-0.3, -0.25) is 4.79 Å². The Morgan fingerprint density at radius 1 is 1.26 bits per heavy atom. The first-order chi connectivity index (χ1) is 8.94. The SMILES string of the molecule is Cc1ccc(C(C)N(C)C(=O)C2(N)CCCC2)cc1. The molecule has 0 aliphatic heterocycles. The van der Waals surface area contributed by atoms with Crippen molar-refractivity contribution in [1.82, 2.24) is 4.90 Å². The molecule has 1 unspecified atom stereocenters. The highest BCUT2D eigenvalue weighted by Crippen LogP contribution is 2.31. The highest BCUT2D eigenvalue weighted by Gasteiger charge is 2.40. The van der Waals surface area contributed by atoms with Crippen LogP contribution in [-0.2, 0) is 4.79 Å². The van der Waals surface area contributed by atoms with Crippen LogP contribution < -0.4 is 5.73 Å². The van der Waals surface area contributed by atoms with Gasteiger partial charge in [-0.05, 0) is 32.3 Å². The molecule has 0 heterocycles. The molecule has 0 spiro atoms. The monoisotopic (exact) mass is 260 g/mol. The maximum absolute atomic E-state index is 12.5. The number of nitrogens with two attached hydrogens (primary N) is 1. The number of hydrogen-bond acceptors (Lipinski definition) is 2. The maximum Gasteiger partial charge on any atom is 0.242 e. The molecule has 0 saturated heterocycles. The highest BCUT2D eigenvalue weighted by atomic mass is 16.2. The minimum atomic E-state index is -0.631. The van der Waals surface area contributed by atoms with Crippen molar-refractivity contribution in [2.24, 2.45) is 5.73 Å². The first-order valence-corrected chi connectivity index (χ1v) is 7.07. The van der Waals surface area contributed by atoms with Crippen LogP contribution in [0.4, 0.5) is 0 Å². The van der Waals surface area contributed by atoms with E-state index in [1.807, 2.05) is 7.05 Å². The zero-order chi connectivity index (χ0) is 14.0. The summed E-state index contributed by atoms with van der Waals surface area (Å²) in [5.74, 6) is 0.0816. The molecule has 1 fully saturated rings. The third-order valence-corrected chi connectivity index (χ3v) is 4.38. The van der Waals surface area contributed by atoms with E-state index < -0.39 is 5.54 Å². The van der Waals surface area contributed by atoms with Crippen LogP contribution >= 0.6 is 0 Å². The van der Waals surface area contributed by atoms with Gasteiger partial charge in [0.25, 0.3) is 0 Å². The van der Waals surface area contributed by atoms with Gasteiger partial charge in [-0.25, -0.2) is 0 Å². The number of amides is 1. The summed E-state index contributed by atoms with van der Waals surface area (Å²) in [5, 5.41) is 0. The van der Waals surface area contributed by atoms with E-state index in [4.69, 9.17) is 5.73 Å². The molecule has 1 aliphatic rings. The van der Waals surface area contributed by atoms with Crippen LogP contribution in [0, 0.1) is 6.92 Å². The fourth-order valence-corrected chi connectivity index (χ4v) is 2.82. The van der Waals surface area contributed by atoms with E-state index in [1.54, 1.807) is 4.90 Å². The van der Waals surface area contributed by atoms with E-state index in [1.165, 1.54) is 5.56 Å². The molecule has 104 valence electrons. The van der Waals surface area contributed by atoms with E-state index in [0.29, 0.717) is 0 Å². The second kappa shape index (κ2) is 5.33. The number of carbonyl (C=O) groups is 1. The topological polar surface area (TPSA) is 46.3 Å². The summed E-state index contributed by atoms with van der Waals surface area (Å²) in [7, 11) is 1.86. The van der Waals surface area contributed by atoms with Gasteiger partial charge in [0.05, 0.1) is 11.6 Å². The van der Waals surface area contributed by atoms with Crippen LogP contribution in [0.3, 0.4) is 0 Å². The first kappa shape index (κ1) is 14.1. The predicted octanol–water partition coefficient (Wildman–Crippen LogP) is 2.79. The molecule has 2 rings (SSSR count). The third-order valence-electron chi connectivity index (χ3n) is 4.38. The summed E-state index contributed by atoms with van der Waals surface area (Å²) < 4.78 is 0. The molecule has 0 radical (unpaired) electrons. The molecule has 1 amide bonds. The van der Waals surface area contributed by atoms with Gasteiger partial charge in [-0.1, -0.05) is 42.7 Å². The van der Waals surface area contributed by atoms with Crippen molar-refractivity contribution < 1.29 is 4.79 Å². The summed E-state index contributed by atoms with van der Waals surface area (Å²) in [6.07, 6.45) is 3.76. The van der Waals surface area contributed by atoms with Crippen LogP contribution in [0.2, 0.25) is 0 Å². The molecule has 3 nitrogen and oxygen atoms in total. The number of rotatable bonds is 3. The minimum Gasteiger partial charge on any atom is -0.337 e. The number of aryl methyl sites for hydroxylation is 1. The molecule has 1 aromatic rings. The second-order valence-electron chi connectivity index (χ2n) is 5.87. The summed E-state index contributed by atoms with van der Waals surface area (Å²) in [4.78, 5) is 14.4. The largest absolute Gasteiger partial charge is 0.337 e. The van der Waals surface area contributed by atoms with Crippen molar-refractivity contribution in [1.29, 1.82) is 0 Å². The van der Waals surface area contributed by atoms with Gasteiger partial charge in [-0.2, -0.15) is 0 Å². The van der Waals surface area contributed by atoms with Crippen LogP contribution in [0.1, 0.15) is 49.8 Å². The van der Waals surface area contributed by atoms with Crippen LogP contribution in [0.25, 0.3) is 0 Å². The standard InChI is InChI=1S/C16H24N2O/c1-12-6-8-14(9-7-12)13(2)18(3)15(19)16(17)10-4-5-11-16/h6-9,13H,4-5,10-11,17H2,1-3H3. The van der Waals surface area contributed by atoms with Crippen molar-refractivity contribution in [2.45, 2.75) is 51.1 Å². The van der Waals surface area contributed by atoms with E-state index >= 15 is 0 Å². The zero-order valence-electron chi connectivity index (χ0n) is 12.1. The first-order valence-electron chi connectivity index (χ1n) is 7.07. The Morgan fingerprint density at radius 2 is 1.79 bits per heavy atom. The molecule has 3 heteroatoms. The Labute approximate surface area is 115 Å². The maximum atomic E-state index is 12.5. The average Bonchev–Trinajstić information content (AvgIpc) is 2.85. The number of likely N-dealkylation sites (N-methyl/N-ethyl adjacent to an activating group) is 1. The molecule has 1 aliphatic carbocycles. The Hall–Kier alpha value is -1.35. The molecular formula is C16H24N2O. The van der Waals surface area contributed by atoms with E-state index in [-0.39, 0.29) is 11.9 Å². The predicted molar refractivity (Wildman–Crippen MR) is 77.8 cm³/mol. The van der Waals surface area contributed by atoms with Gasteiger partial charge in [-0.15, -0.1) is 0 Å². The molecule has 1 aromatic carbocycles. The lowest BCUT2D eigenvalue weighted by Gasteiger charge is -2.33. The average molecular weight is 260 g/mol. The normalized spacial score (nSPS) is 19.2. The molecule has 2 N–H and O–H groups in total. The number of hydrogen-bond donors (Lipinski definition) is 1. The van der Waals surface area contributed by atoms with Crippen molar-refractivity contribution in [3.05, 3.63) is 35.4 Å². The molecule has 0 aromatic heterocycles. The molecular weight excluding hydrogens is 236 g/mol. The molecule has 19 heavy (non-hydrogen) atoms. The van der Waals surface area contributed by atoms with Crippen molar-refractivity contribution in [2.75, 3.05) is 7.05 Å². The molecule has 1 atom stereocenters. The summed E-state index contributed by atoms with van der Waals surface area (Å²) in [6.45, 7) is 4.12.